The van der Waals surface area contributed by atoms with Gasteiger partial charge in [-0.05, 0) is 17.5 Å². The highest BCUT2D eigenvalue weighted by Crippen LogP contribution is 2.24. The van der Waals surface area contributed by atoms with Crippen molar-refractivity contribution in [2.24, 2.45) is 11.5 Å². The lowest BCUT2D eigenvalue weighted by molar-refractivity contribution is 0.259. The molecule has 0 heterocycles. The van der Waals surface area contributed by atoms with Gasteiger partial charge in [-0.3, -0.25) is 5.41 Å². The fourth-order valence-corrected chi connectivity index (χ4v) is 1.68. The van der Waals surface area contributed by atoms with Crippen LogP contribution in [-0.4, -0.2) is 11.9 Å². The summed E-state index contributed by atoms with van der Waals surface area (Å²) in [5, 5.41) is 11.7. The molecule has 2 amide bonds. The van der Waals surface area contributed by atoms with E-state index in [1.54, 1.807) is 18.2 Å². The monoisotopic (exact) mass is 228 g/mol. The second kappa shape index (κ2) is 4.13. The smallest absolute Gasteiger partial charge is 0.316 e. The predicted octanol–water partition coefficient (Wildman–Crippen LogP) is 1.61. The number of hydrogen-bond donors (Lipinski definition) is 4. The van der Waals surface area contributed by atoms with Crippen LogP contribution in [0.1, 0.15) is 5.56 Å². The number of amides is 2. The van der Waals surface area contributed by atoms with Crippen molar-refractivity contribution in [2.75, 3.05) is 5.32 Å². The van der Waals surface area contributed by atoms with E-state index in [2.05, 4.69) is 5.32 Å². The van der Waals surface area contributed by atoms with Crippen molar-refractivity contribution in [1.82, 2.24) is 0 Å². The van der Waals surface area contributed by atoms with Crippen molar-refractivity contribution in [3.63, 3.8) is 0 Å². The number of nitrogen functional groups attached to an aromatic ring is 1. The van der Waals surface area contributed by atoms with Crippen LogP contribution in [-0.2, 0) is 0 Å². The first-order valence-electron chi connectivity index (χ1n) is 5.01. The Labute approximate surface area is 97.9 Å². The van der Waals surface area contributed by atoms with E-state index >= 15 is 0 Å². The molecule has 0 aliphatic carbocycles. The van der Waals surface area contributed by atoms with E-state index in [1.165, 1.54) is 0 Å². The topological polar surface area (TPSA) is 105 Å². The predicted molar refractivity (Wildman–Crippen MR) is 68.2 cm³/mol. The molecule has 0 aliphatic rings. The number of primary amides is 1. The second-order valence-electron chi connectivity index (χ2n) is 3.64. The van der Waals surface area contributed by atoms with Gasteiger partial charge in [0.1, 0.15) is 5.84 Å². The van der Waals surface area contributed by atoms with Crippen LogP contribution in [0.5, 0.6) is 0 Å². The molecule has 0 atom stereocenters. The van der Waals surface area contributed by atoms with Crippen LogP contribution >= 0.6 is 0 Å². The molecular formula is C12H12N4O. The van der Waals surface area contributed by atoms with E-state index in [0.29, 0.717) is 11.3 Å². The molecule has 2 aromatic carbocycles. The SMILES string of the molecule is N=C(N)c1ccc2cccc(NC(N)=O)c2c1. The molecule has 0 aromatic heterocycles. The van der Waals surface area contributed by atoms with Crippen molar-refractivity contribution in [3.8, 4) is 0 Å². The Hall–Kier alpha value is -2.56. The number of hydrogen-bond acceptors (Lipinski definition) is 2. The molecule has 86 valence electrons. The number of urea groups is 1. The Bertz CT molecular complexity index is 606. The molecule has 17 heavy (non-hydrogen) atoms. The highest BCUT2D eigenvalue weighted by Gasteiger charge is 2.04. The molecule has 5 nitrogen and oxygen atoms in total. The van der Waals surface area contributed by atoms with Gasteiger partial charge in [-0.25, -0.2) is 4.79 Å². The molecule has 0 saturated carbocycles. The number of fused-ring (bicyclic) bond motifs is 1. The zero-order chi connectivity index (χ0) is 12.4. The van der Waals surface area contributed by atoms with Gasteiger partial charge in [0, 0.05) is 10.9 Å². The number of nitrogens with two attached hydrogens (primary N) is 2. The van der Waals surface area contributed by atoms with E-state index in [0.717, 1.165) is 10.8 Å². The van der Waals surface area contributed by atoms with E-state index < -0.39 is 6.03 Å². The normalized spacial score (nSPS) is 10.1. The minimum absolute atomic E-state index is 0.0132. The first-order chi connectivity index (χ1) is 8.08. The summed E-state index contributed by atoms with van der Waals surface area (Å²) in [5.74, 6) is -0.0132. The van der Waals surface area contributed by atoms with Crippen LogP contribution in [0.2, 0.25) is 0 Å². The molecule has 2 rings (SSSR count). The van der Waals surface area contributed by atoms with E-state index in [-0.39, 0.29) is 5.84 Å². The van der Waals surface area contributed by atoms with Crippen molar-refractivity contribution in [1.29, 1.82) is 5.41 Å². The van der Waals surface area contributed by atoms with Crippen LogP contribution in [0.15, 0.2) is 36.4 Å². The third-order valence-corrected chi connectivity index (χ3v) is 2.45. The van der Waals surface area contributed by atoms with E-state index in [1.807, 2.05) is 18.2 Å². The molecule has 0 bridgehead atoms. The second-order valence-corrected chi connectivity index (χ2v) is 3.64. The first kappa shape index (κ1) is 10.9. The molecule has 0 aliphatic heterocycles. The molecule has 0 spiro atoms. The highest BCUT2D eigenvalue weighted by atomic mass is 16.2. The zero-order valence-electron chi connectivity index (χ0n) is 9.03. The van der Waals surface area contributed by atoms with Gasteiger partial charge in [-0.2, -0.15) is 0 Å². The molecule has 6 N–H and O–H groups in total. The first-order valence-corrected chi connectivity index (χ1v) is 5.01. The molecule has 2 aromatic rings. The maximum absolute atomic E-state index is 10.9. The van der Waals surface area contributed by atoms with Crippen molar-refractivity contribution < 1.29 is 4.79 Å². The molecule has 0 radical (unpaired) electrons. The lowest BCUT2D eigenvalue weighted by Crippen LogP contribution is -2.19. The Morgan fingerprint density at radius 2 is 1.94 bits per heavy atom. The van der Waals surface area contributed by atoms with Gasteiger partial charge >= 0.3 is 6.03 Å². The van der Waals surface area contributed by atoms with Crippen LogP contribution in [0.3, 0.4) is 0 Å². The summed E-state index contributed by atoms with van der Waals surface area (Å²) in [7, 11) is 0. The lowest BCUT2D eigenvalue weighted by atomic mass is 10.0. The van der Waals surface area contributed by atoms with Gasteiger partial charge in [0.2, 0.25) is 0 Å². The Morgan fingerprint density at radius 3 is 2.59 bits per heavy atom. The summed E-state index contributed by atoms with van der Waals surface area (Å²) in [4.78, 5) is 10.9. The quantitative estimate of drug-likeness (QED) is 0.463. The van der Waals surface area contributed by atoms with Gasteiger partial charge in [0.05, 0.1) is 5.69 Å². The van der Waals surface area contributed by atoms with E-state index in [4.69, 9.17) is 16.9 Å². The van der Waals surface area contributed by atoms with E-state index in [9.17, 15) is 4.79 Å². The number of amidine groups is 1. The summed E-state index contributed by atoms with van der Waals surface area (Å²) in [6.45, 7) is 0. The minimum Gasteiger partial charge on any atom is -0.384 e. The summed E-state index contributed by atoms with van der Waals surface area (Å²) in [6, 6.07) is 10.2. The fourth-order valence-electron chi connectivity index (χ4n) is 1.68. The van der Waals surface area contributed by atoms with Gasteiger partial charge in [0.15, 0.2) is 0 Å². The summed E-state index contributed by atoms with van der Waals surface area (Å²) in [6.07, 6.45) is 0. The number of carbonyl (C=O) groups is 1. The summed E-state index contributed by atoms with van der Waals surface area (Å²) < 4.78 is 0. The fraction of sp³-hybridized carbons (Fsp3) is 0. The van der Waals surface area contributed by atoms with Gasteiger partial charge in [-0.1, -0.05) is 24.3 Å². The highest BCUT2D eigenvalue weighted by molar-refractivity contribution is 6.05. The number of anilines is 1. The number of benzene rings is 2. The van der Waals surface area contributed by atoms with Gasteiger partial charge in [0.25, 0.3) is 0 Å². The molecule has 0 saturated heterocycles. The van der Waals surface area contributed by atoms with Crippen molar-refractivity contribution >= 4 is 28.3 Å². The van der Waals surface area contributed by atoms with Crippen LogP contribution in [0, 0.1) is 5.41 Å². The molecule has 0 fully saturated rings. The van der Waals surface area contributed by atoms with Crippen LogP contribution in [0.25, 0.3) is 10.8 Å². The van der Waals surface area contributed by atoms with Gasteiger partial charge < -0.3 is 16.8 Å². The van der Waals surface area contributed by atoms with Gasteiger partial charge in [-0.15, -0.1) is 0 Å². The minimum atomic E-state index is -0.620. The Kier molecular flexibility index (Phi) is 2.66. The van der Waals surface area contributed by atoms with Crippen LogP contribution < -0.4 is 16.8 Å². The lowest BCUT2D eigenvalue weighted by Gasteiger charge is -2.08. The summed E-state index contributed by atoms with van der Waals surface area (Å²) >= 11 is 0. The average molecular weight is 228 g/mol. The number of carbonyl (C=O) groups excluding carboxylic acids is 1. The van der Waals surface area contributed by atoms with Crippen LogP contribution in [0.4, 0.5) is 10.5 Å². The third-order valence-electron chi connectivity index (χ3n) is 2.45. The maximum Gasteiger partial charge on any atom is 0.316 e. The standard InChI is InChI=1S/C12H12N4O/c13-11(14)8-5-4-7-2-1-3-10(9(7)6-8)16-12(15)17/h1-6H,(H3,13,14)(H3,15,16,17). The zero-order valence-corrected chi connectivity index (χ0v) is 9.03. The van der Waals surface area contributed by atoms with Crippen molar-refractivity contribution in [3.05, 3.63) is 42.0 Å². The average Bonchev–Trinajstić information content (AvgIpc) is 2.28. The molecular weight excluding hydrogens is 216 g/mol. The maximum atomic E-state index is 10.9. The Balaban J connectivity index is 2.63. The van der Waals surface area contributed by atoms with Crippen molar-refractivity contribution in [2.45, 2.75) is 0 Å². The number of nitrogens with one attached hydrogen (secondary N) is 2. The molecule has 5 heteroatoms. The Morgan fingerprint density at radius 1 is 1.18 bits per heavy atom. The largest absolute Gasteiger partial charge is 0.384 e. The molecule has 0 unspecified atom stereocenters. The summed E-state index contributed by atoms with van der Waals surface area (Å²) in [5.41, 5.74) is 11.7. The number of rotatable bonds is 2. The third kappa shape index (κ3) is 2.17.